The van der Waals surface area contributed by atoms with Gasteiger partial charge >= 0.3 is 0 Å². The van der Waals surface area contributed by atoms with Gasteiger partial charge in [0, 0.05) is 0 Å². The van der Waals surface area contributed by atoms with E-state index in [9.17, 15) is 4.79 Å². The van der Waals surface area contributed by atoms with Gasteiger partial charge < -0.3 is 0 Å². The Bertz CT molecular complexity index is 70.5. The van der Waals surface area contributed by atoms with Crippen molar-refractivity contribution in [1.82, 2.24) is 0 Å². The number of ketones is 1. The van der Waals surface area contributed by atoms with Crippen molar-refractivity contribution in [2.24, 2.45) is 0 Å². The third-order valence-corrected chi connectivity index (χ3v) is 1.58. The van der Waals surface area contributed by atoms with Crippen LogP contribution >= 0.6 is 12.6 Å². The van der Waals surface area contributed by atoms with Crippen LogP contribution in [0.25, 0.3) is 0 Å². The predicted molar refractivity (Wildman–Crippen MR) is 33.7 cm³/mol. The summed E-state index contributed by atoms with van der Waals surface area (Å²) in [6.07, 6.45) is 0.832. The van der Waals surface area contributed by atoms with Crippen LogP contribution in [0, 0.1) is 0 Å². The molecule has 1 atom stereocenters. The molecule has 42 valence electrons. The van der Waals surface area contributed by atoms with Crippen LogP contribution in [0.1, 0.15) is 20.3 Å². The molecule has 0 aliphatic carbocycles. The Labute approximate surface area is 49.5 Å². The summed E-state index contributed by atoms with van der Waals surface area (Å²) in [6, 6.07) is 0. The number of hydrogen-bond donors (Lipinski definition) is 1. The Balaban J connectivity index is 3.34. The van der Waals surface area contributed by atoms with E-state index in [1.54, 1.807) is 6.92 Å². The first kappa shape index (κ1) is 7.02. The van der Waals surface area contributed by atoms with Gasteiger partial charge in [0.15, 0.2) is 0 Å². The monoisotopic (exact) mass is 119 g/mol. The van der Waals surface area contributed by atoms with E-state index in [1.807, 2.05) is 6.92 Å². The van der Waals surface area contributed by atoms with Crippen molar-refractivity contribution >= 4 is 18.4 Å². The maximum absolute atomic E-state index is 10.3. The fourth-order valence-corrected chi connectivity index (χ4v) is 0.287. The van der Waals surface area contributed by atoms with Gasteiger partial charge in [-0.05, 0) is 13.3 Å². The van der Waals surface area contributed by atoms with E-state index in [4.69, 9.17) is 0 Å². The van der Waals surface area contributed by atoms with Crippen LogP contribution in [0.5, 0.6) is 0 Å². The second kappa shape index (κ2) is 3.08. The van der Waals surface area contributed by atoms with Gasteiger partial charge in [-0.15, -0.1) is 0 Å². The number of rotatable bonds is 2. The molecular weight excluding hydrogens is 109 g/mol. The number of carbonyl (C=O) groups is 1. The molecule has 0 aliphatic rings. The molecule has 0 aromatic rings. The summed E-state index contributed by atoms with van der Waals surface area (Å²) in [5.41, 5.74) is 0. The minimum Gasteiger partial charge on any atom is -0.299 e. The fraction of sp³-hybridized carbons (Fsp3) is 0.800. The van der Waals surface area contributed by atoms with Crippen LogP contribution in [0.2, 0.25) is 0 Å². The van der Waals surface area contributed by atoms with Crippen molar-refractivity contribution in [3.05, 3.63) is 0 Å². The molecule has 0 rings (SSSR count). The van der Waals surface area contributed by atoms with Gasteiger partial charge in [0.2, 0.25) is 0 Å². The molecule has 7 heavy (non-hydrogen) atoms. The van der Waals surface area contributed by atoms with Crippen LogP contribution in [0.3, 0.4) is 0 Å². The number of Topliss-reactive ketones (excluding diaryl/α,β-unsaturated/α-hetero) is 1. The third kappa shape index (κ3) is 2.68. The summed E-state index contributed by atoms with van der Waals surface area (Å²) in [4.78, 5) is 10.3. The number of hydrogen-bond acceptors (Lipinski definition) is 2. The Hall–Kier alpha value is 0.0200. The molecular formula is C5H10OS. The van der Waals surface area contributed by atoms with Gasteiger partial charge in [0.05, 0.1) is 5.25 Å². The molecule has 0 aliphatic heterocycles. The number of carbonyl (C=O) groups excluding carboxylic acids is 1. The van der Waals surface area contributed by atoms with Gasteiger partial charge in [-0.1, -0.05) is 6.92 Å². The van der Waals surface area contributed by atoms with E-state index in [2.05, 4.69) is 12.6 Å². The van der Waals surface area contributed by atoms with Crippen molar-refractivity contribution in [3.8, 4) is 0 Å². The first-order chi connectivity index (χ1) is 3.18. The van der Waals surface area contributed by atoms with Crippen LogP contribution in [0.4, 0.5) is 0 Å². The smallest absolute Gasteiger partial charge is 0.142 e. The lowest BCUT2D eigenvalue weighted by Gasteiger charge is -1.97. The lowest BCUT2D eigenvalue weighted by molar-refractivity contribution is -0.116. The molecule has 0 saturated carbocycles. The Morgan fingerprint density at radius 3 is 2.29 bits per heavy atom. The normalized spacial score (nSPS) is 13.6. The molecule has 0 saturated heterocycles. The molecule has 0 aromatic carbocycles. The van der Waals surface area contributed by atoms with E-state index in [-0.39, 0.29) is 11.0 Å². The molecule has 0 spiro atoms. The van der Waals surface area contributed by atoms with Crippen LogP contribution in [-0.4, -0.2) is 11.0 Å². The minimum absolute atomic E-state index is 0.0417. The van der Waals surface area contributed by atoms with Gasteiger partial charge in [0.1, 0.15) is 5.78 Å². The Morgan fingerprint density at radius 2 is 2.29 bits per heavy atom. The van der Waals surface area contributed by atoms with Crippen LogP contribution in [0.15, 0.2) is 0 Å². The van der Waals surface area contributed by atoms with Gasteiger partial charge in [-0.3, -0.25) is 4.79 Å². The maximum Gasteiger partial charge on any atom is 0.142 e. The molecule has 0 heterocycles. The molecule has 0 radical (unpaired) electrons. The zero-order valence-electron chi connectivity index (χ0n) is 4.64. The second-order valence-corrected chi connectivity index (χ2v) is 2.16. The second-order valence-electron chi connectivity index (χ2n) is 1.53. The predicted octanol–water partition coefficient (Wildman–Crippen LogP) is 1.28. The summed E-state index contributed by atoms with van der Waals surface area (Å²) in [5, 5.41) is -0.0417. The maximum atomic E-state index is 10.3. The lowest BCUT2D eigenvalue weighted by atomic mass is 10.3. The summed E-state index contributed by atoms with van der Waals surface area (Å²) in [5.74, 6) is 0.158. The highest BCUT2D eigenvalue weighted by Gasteiger charge is 2.02. The SMILES string of the molecule is CCC(S)C([13CH3])=O. The standard InChI is InChI=1S/C5H10OS/c1-3-5(7)4(2)6/h5,7H,3H2,1-2H3/i2+1. The van der Waals surface area contributed by atoms with E-state index in [0.29, 0.717) is 0 Å². The molecule has 0 aromatic heterocycles. The molecule has 0 N–H and O–H groups in total. The topological polar surface area (TPSA) is 17.1 Å². The van der Waals surface area contributed by atoms with Crippen molar-refractivity contribution in [3.63, 3.8) is 0 Å². The average molecular weight is 119 g/mol. The van der Waals surface area contributed by atoms with Crippen LogP contribution < -0.4 is 0 Å². The third-order valence-electron chi connectivity index (χ3n) is 0.856. The van der Waals surface area contributed by atoms with Crippen molar-refractivity contribution in [1.29, 1.82) is 0 Å². The summed E-state index contributed by atoms with van der Waals surface area (Å²) in [7, 11) is 0. The summed E-state index contributed by atoms with van der Waals surface area (Å²) >= 11 is 3.98. The Morgan fingerprint density at radius 1 is 1.86 bits per heavy atom. The van der Waals surface area contributed by atoms with E-state index >= 15 is 0 Å². The van der Waals surface area contributed by atoms with Gasteiger partial charge in [-0.2, -0.15) is 12.6 Å². The van der Waals surface area contributed by atoms with Crippen molar-refractivity contribution < 1.29 is 4.79 Å². The van der Waals surface area contributed by atoms with Gasteiger partial charge in [-0.25, -0.2) is 0 Å². The van der Waals surface area contributed by atoms with Crippen LogP contribution in [-0.2, 0) is 4.79 Å². The molecule has 2 heteroatoms. The summed E-state index contributed by atoms with van der Waals surface area (Å²) in [6.45, 7) is 3.50. The number of thiol groups is 1. The first-order valence-electron chi connectivity index (χ1n) is 2.37. The first-order valence-corrected chi connectivity index (χ1v) is 2.88. The fourth-order valence-electron chi connectivity index (χ4n) is 0.287. The van der Waals surface area contributed by atoms with Crippen molar-refractivity contribution in [2.75, 3.05) is 0 Å². The minimum atomic E-state index is -0.0417. The molecule has 1 nitrogen and oxygen atoms in total. The van der Waals surface area contributed by atoms with E-state index in [1.165, 1.54) is 0 Å². The molecule has 0 bridgehead atoms. The van der Waals surface area contributed by atoms with E-state index < -0.39 is 0 Å². The molecule has 1 unspecified atom stereocenters. The van der Waals surface area contributed by atoms with E-state index in [0.717, 1.165) is 6.42 Å². The highest BCUT2D eigenvalue weighted by atomic mass is 32.1. The van der Waals surface area contributed by atoms with Crippen molar-refractivity contribution in [2.45, 2.75) is 25.5 Å². The summed E-state index contributed by atoms with van der Waals surface area (Å²) < 4.78 is 0. The average Bonchev–Trinajstić information content (AvgIpc) is 1.65. The molecule has 0 amide bonds. The highest BCUT2D eigenvalue weighted by Crippen LogP contribution is 1.99. The zero-order valence-corrected chi connectivity index (χ0v) is 5.53. The molecule has 0 fully saturated rings. The lowest BCUT2D eigenvalue weighted by Crippen LogP contribution is -2.07. The largest absolute Gasteiger partial charge is 0.299 e. The van der Waals surface area contributed by atoms with Gasteiger partial charge in [0.25, 0.3) is 0 Å². The quantitative estimate of drug-likeness (QED) is 0.428. The highest BCUT2D eigenvalue weighted by molar-refractivity contribution is 7.81. The zero-order chi connectivity index (χ0) is 5.86. The Kier molecular flexibility index (Phi) is 3.09.